The number of nitro groups is 1. The second kappa shape index (κ2) is 6.45. The molecule has 0 amide bonds. The Labute approximate surface area is 106 Å². The van der Waals surface area contributed by atoms with E-state index in [0.717, 1.165) is 12.1 Å². The summed E-state index contributed by atoms with van der Waals surface area (Å²) in [6, 6.07) is 1.81. The fourth-order valence-corrected chi connectivity index (χ4v) is 1.29. The Bertz CT molecular complexity index is 588. The molecule has 92 valence electrons. The molecule has 0 aliphatic rings. The van der Waals surface area contributed by atoms with Crippen LogP contribution in [0.15, 0.2) is 17.2 Å². The van der Waals surface area contributed by atoms with Crippen molar-refractivity contribution in [3.8, 4) is 11.8 Å². The van der Waals surface area contributed by atoms with Gasteiger partial charge in [-0.25, -0.2) is 0 Å². The van der Waals surface area contributed by atoms with E-state index in [1.807, 2.05) is 0 Å². The van der Waals surface area contributed by atoms with Crippen LogP contribution in [0, 0.1) is 27.8 Å². The van der Waals surface area contributed by atoms with Gasteiger partial charge in [-0.1, -0.05) is 28.6 Å². The molecule has 1 aromatic carbocycles. The van der Waals surface area contributed by atoms with E-state index in [1.54, 1.807) is 0 Å². The average molecular weight is 269 g/mol. The minimum atomic E-state index is -0.997. The Morgan fingerprint density at radius 2 is 2.33 bits per heavy atom. The molecule has 0 aliphatic carbocycles. The zero-order chi connectivity index (χ0) is 13.5. The molecule has 8 heteroatoms. The van der Waals surface area contributed by atoms with Crippen molar-refractivity contribution in [2.75, 3.05) is 6.54 Å². The van der Waals surface area contributed by atoms with Crippen LogP contribution in [-0.2, 0) is 0 Å². The Kier molecular flexibility index (Phi) is 4.93. The normalized spacial score (nSPS) is 9.00. The summed E-state index contributed by atoms with van der Waals surface area (Å²) in [6.45, 7) is 0.191. The van der Waals surface area contributed by atoms with Gasteiger partial charge in [0.1, 0.15) is 0 Å². The molecule has 0 atom stereocenters. The predicted molar refractivity (Wildman–Crippen MR) is 63.6 cm³/mol. The van der Waals surface area contributed by atoms with Crippen LogP contribution in [0.5, 0.6) is 0 Å². The zero-order valence-electron chi connectivity index (χ0n) is 8.93. The molecule has 0 spiro atoms. The second-order valence-corrected chi connectivity index (χ2v) is 3.45. The van der Waals surface area contributed by atoms with E-state index < -0.39 is 16.4 Å². The van der Waals surface area contributed by atoms with Crippen molar-refractivity contribution in [2.24, 2.45) is 5.11 Å². The minimum Gasteiger partial charge on any atom is -0.258 e. The van der Waals surface area contributed by atoms with Crippen molar-refractivity contribution in [2.45, 2.75) is 6.42 Å². The highest BCUT2D eigenvalue weighted by Gasteiger charge is 2.16. The fourth-order valence-electron chi connectivity index (χ4n) is 1.08. The van der Waals surface area contributed by atoms with Crippen LogP contribution in [0.25, 0.3) is 10.4 Å². The number of benzene rings is 1. The van der Waals surface area contributed by atoms with Gasteiger partial charge in [-0.2, -0.15) is 4.39 Å². The molecule has 1 rings (SSSR count). The largest absolute Gasteiger partial charge is 0.306 e. The smallest absolute Gasteiger partial charge is 0.258 e. The molecule has 0 radical (unpaired) electrons. The Balaban J connectivity index is 2.94. The lowest BCUT2D eigenvalue weighted by molar-refractivity contribution is -0.387. The van der Waals surface area contributed by atoms with Crippen LogP contribution < -0.4 is 0 Å². The number of rotatable bonds is 3. The molecule has 0 N–H and O–H groups in total. The van der Waals surface area contributed by atoms with E-state index in [-0.39, 0.29) is 17.1 Å². The summed E-state index contributed by atoms with van der Waals surface area (Å²) in [4.78, 5) is 12.1. The lowest BCUT2D eigenvalue weighted by Gasteiger charge is -1.98. The van der Waals surface area contributed by atoms with E-state index in [0.29, 0.717) is 6.42 Å². The van der Waals surface area contributed by atoms with Gasteiger partial charge in [-0.05, 0) is 11.6 Å². The fraction of sp³-hybridized carbons (Fsp3) is 0.200. The van der Waals surface area contributed by atoms with E-state index in [9.17, 15) is 14.5 Å². The third-order valence-electron chi connectivity index (χ3n) is 1.86. The number of hydrogen-bond acceptors (Lipinski definition) is 3. The van der Waals surface area contributed by atoms with Crippen LogP contribution in [0.4, 0.5) is 10.1 Å². The molecular formula is C10H6ClFN4O2. The highest BCUT2D eigenvalue weighted by molar-refractivity contribution is 6.32. The second-order valence-electron chi connectivity index (χ2n) is 3.05. The number of hydrogen-bond donors (Lipinski definition) is 0. The van der Waals surface area contributed by atoms with Gasteiger partial charge < -0.3 is 0 Å². The van der Waals surface area contributed by atoms with Gasteiger partial charge >= 0.3 is 5.69 Å². The van der Waals surface area contributed by atoms with E-state index >= 15 is 0 Å². The summed E-state index contributed by atoms with van der Waals surface area (Å²) in [7, 11) is 0. The summed E-state index contributed by atoms with van der Waals surface area (Å²) in [6.07, 6.45) is 0.291. The molecule has 0 saturated carbocycles. The lowest BCUT2D eigenvalue weighted by atomic mass is 10.2. The van der Waals surface area contributed by atoms with Crippen molar-refractivity contribution in [3.05, 3.63) is 49.1 Å². The van der Waals surface area contributed by atoms with Crippen molar-refractivity contribution < 1.29 is 9.31 Å². The highest BCUT2D eigenvalue weighted by Crippen LogP contribution is 2.25. The molecule has 0 aliphatic heterocycles. The minimum absolute atomic E-state index is 0.000570. The van der Waals surface area contributed by atoms with Gasteiger partial charge in [-0.15, -0.1) is 0 Å². The first kappa shape index (κ1) is 13.8. The Hall–Kier alpha value is -2.29. The summed E-state index contributed by atoms with van der Waals surface area (Å²) in [5.74, 6) is 4.17. The Morgan fingerprint density at radius 3 is 2.94 bits per heavy atom. The van der Waals surface area contributed by atoms with Crippen molar-refractivity contribution in [1.82, 2.24) is 0 Å². The molecule has 6 nitrogen and oxygen atoms in total. The standard InChI is InChI=1S/C10H6ClFN4O2/c11-8-6-10(16(17)18)9(12)5-7(8)3-1-2-4-14-15-13/h5-6H,2,4H2. The van der Waals surface area contributed by atoms with Gasteiger partial charge in [0, 0.05) is 29.5 Å². The molecule has 0 unspecified atom stereocenters. The number of nitrogens with zero attached hydrogens (tertiary/aromatic N) is 4. The first-order valence-corrected chi connectivity index (χ1v) is 5.07. The maximum absolute atomic E-state index is 13.3. The lowest BCUT2D eigenvalue weighted by Crippen LogP contribution is -1.93. The molecule has 1 aromatic rings. The summed E-state index contributed by atoms with van der Waals surface area (Å²) >= 11 is 5.73. The van der Waals surface area contributed by atoms with Crippen molar-refractivity contribution in [1.29, 1.82) is 0 Å². The van der Waals surface area contributed by atoms with Gasteiger partial charge in [-0.3, -0.25) is 10.1 Å². The number of halogens is 2. The third-order valence-corrected chi connectivity index (χ3v) is 2.17. The number of nitro benzene ring substituents is 1. The molecule has 18 heavy (non-hydrogen) atoms. The van der Waals surface area contributed by atoms with Gasteiger partial charge in [0.05, 0.1) is 9.95 Å². The molecule has 0 heterocycles. The van der Waals surface area contributed by atoms with Crippen molar-refractivity contribution in [3.63, 3.8) is 0 Å². The van der Waals surface area contributed by atoms with Crippen LogP contribution in [-0.4, -0.2) is 11.5 Å². The quantitative estimate of drug-likeness (QED) is 0.160. The average Bonchev–Trinajstić information content (AvgIpc) is 2.32. The third kappa shape index (κ3) is 3.63. The molecule has 0 saturated heterocycles. The van der Waals surface area contributed by atoms with Gasteiger partial charge in [0.15, 0.2) is 0 Å². The molecule has 0 aromatic heterocycles. The summed E-state index contributed by atoms with van der Waals surface area (Å²) in [5, 5.41) is 13.7. The number of azide groups is 1. The van der Waals surface area contributed by atoms with E-state index in [2.05, 4.69) is 21.9 Å². The molecule has 0 fully saturated rings. The first-order valence-electron chi connectivity index (χ1n) is 4.69. The van der Waals surface area contributed by atoms with Crippen LogP contribution in [0.1, 0.15) is 12.0 Å². The zero-order valence-corrected chi connectivity index (χ0v) is 9.69. The van der Waals surface area contributed by atoms with Crippen LogP contribution in [0.3, 0.4) is 0 Å². The van der Waals surface area contributed by atoms with Crippen LogP contribution in [0.2, 0.25) is 5.02 Å². The maximum Gasteiger partial charge on any atom is 0.306 e. The summed E-state index contributed by atoms with van der Waals surface area (Å²) < 4.78 is 13.3. The summed E-state index contributed by atoms with van der Waals surface area (Å²) in [5.41, 5.74) is 7.48. The van der Waals surface area contributed by atoms with E-state index in [1.165, 1.54) is 0 Å². The van der Waals surface area contributed by atoms with Gasteiger partial charge in [0.25, 0.3) is 0 Å². The highest BCUT2D eigenvalue weighted by atomic mass is 35.5. The van der Waals surface area contributed by atoms with Crippen molar-refractivity contribution >= 4 is 17.3 Å². The van der Waals surface area contributed by atoms with Crippen LogP contribution >= 0.6 is 11.6 Å². The monoisotopic (exact) mass is 268 g/mol. The van der Waals surface area contributed by atoms with E-state index in [4.69, 9.17) is 17.1 Å². The molecular weight excluding hydrogens is 263 g/mol. The van der Waals surface area contributed by atoms with Gasteiger partial charge in [0.2, 0.25) is 5.82 Å². The first-order chi connectivity index (χ1) is 8.56. The maximum atomic E-state index is 13.3. The molecule has 0 bridgehead atoms. The Morgan fingerprint density at radius 1 is 1.61 bits per heavy atom. The SMILES string of the molecule is [N-]=[N+]=NCCC#Cc1cc(F)c([N+](=O)[O-])cc1Cl. The predicted octanol–water partition coefficient (Wildman–Crippen LogP) is 3.44. The topological polar surface area (TPSA) is 91.9 Å².